The van der Waals surface area contributed by atoms with Crippen LogP contribution in [0.5, 0.6) is 0 Å². The molecule has 0 fully saturated rings. The Labute approximate surface area is 148 Å². The molecule has 1 amide bonds. The van der Waals surface area contributed by atoms with Gasteiger partial charge in [-0.3, -0.25) is 9.48 Å². The molecule has 0 saturated carbocycles. The average Bonchev–Trinajstić information content (AvgIpc) is 2.96. The summed E-state index contributed by atoms with van der Waals surface area (Å²) in [5, 5.41) is 9.10. The fraction of sp³-hybridized carbons (Fsp3) is 0.250. The molecule has 24 heavy (non-hydrogen) atoms. The molecule has 1 aromatic carbocycles. The SMILES string of the molecule is C[C@H](Sc1ncnc2c1cnn2C)C(=O)NCc1ccc(Cl)cc1. The Morgan fingerprint density at radius 3 is 2.83 bits per heavy atom. The van der Waals surface area contributed by atoms with Crippen molar-refractivity contribution < 1.29 is 4.79 Å². The predicted molar refractivity (Wildman–Crippen MR) is 94.9 cm³/mol. The van der Waals surface area contributed by atoms with E-state index in [1.165, 1.54) is 18.1 Å². The molecule has 0 saturated heterocycles. The summed E-state index contributed by atoms with van der Waals surface area (Å²) >= 11 is 7.25. The number of nitrogens with zero attached hydrogens (tertiary/aromatic N) is 4. The minimum atomic E-state index is -0.282. The molecule has 6 nitrogen and oxygen atoms in total. The van der Waals surface area contributed by atoms with Crippen molar-refractivity contribution in [1.29, 1.82) is 0 Å². The van der Waals surface area contributed by atoms with Crippen LogP contribution in [0, 0.1) is 0 Å². The Hall–Kier alpha value is -2.12. The van der Waals surface area contributed by atoms with Gasteiger partial charge >= 0.3 is 0 Å². The molecule has 0 aliphatic carbocycles. The first-order valence-corrected chi connectivity index (χ1v) is 8.62. The van der Waals surface area contributed by atoms with Crippen molar-refractivity contribution in [2.45, 2.75) is 23.7 Å². The largest absolute Gasteiger partial charge is 0.351 e. The van der Waals surface area contributed by atoms with Gasteiger partial charge < -0.3 is 5.32 Å². The average molecular weight is 362 g/mol. The van der Waals surface area contributed by atoms with E-state index in [9.17, 15) is 4.79 Å². The number of nitrogens with one attached hydrogen (secondary N) is 1. The summed E-state index contributed by atoms with van der Waals surface area (Å²) in [6.07, 6.45) is 3.21. The number of halogens is 1. The Morgan fingerprint density at radius 1 is 1.33 bits per heavy atom. The van der Waals surface area contributed by atoms with Crippen molar-refractivity contribution >= 4 is 40.3 Å². The second-order valence-electron chi connectivity index (χ2n) is 5.29. The first-order chi connectivity index (χ1) is 11.5. The lowest BCUT2D eigenvalue weighted by atomic mass is 10.2. The van der Waals surface area contributed by atoms with Crippen LogP contribution in [-0.4, -0.2) is 30.9 Å². The monoisotopic (exact) mass is 361 g/mol. The molecule has 2 heterocycles. The summed E-state index contributed by atoms with van der Waals surface area (Å²) in [6, 6.07) is 7.40. The molecule has 2 aromatic heterocycles. The number of thioether (sulfide) groups is 1. The van der Waals surface area contributed by atoms with E-state index in [4.69, 9.17) is 11.6 Å². The number of rotatable bonds is 5. The van der Waals surface area contributed by atoms with E-state index in [1.54, 1.807) is 23.0 Å². The van der Waals surface area contributed by atoms with Gasteiger partial charge in [0.25, 0.3) is 0 Å². The lowest BCUT2D eigenvalue weighted by Gasteiger charge is -2.12. The molecule has 0 spiro atoms. The van der Waals surface area contributed by atoms with Crippen molar-refractivity contribution in [3.8, 4) is 0 Å². The van der Waals surface area contributed by atoms with Gasteiger partial charge in [-0.05, 0) is 24.6 Å². The van der Waals surface area contributed by atoms with Crippen molar-refractivity contribution in [1.82, 2.24) is 25.1 Å². The van der Waals surface area contributed by atoms with E-state index >= 15 is 0 Å². The van der Waals surface area contributed by atoms with E-state index in [0.717, 1.165) is 21.6 Å². The van der Waals surface area contributed by atoms with E-state index in [1.807, 2.05) is 26.1 Å². The van der Waals surface area contributed by atoms with E-state index in [-0.39, 0.29) is 11.2 Å². The van der Waals surface area contributed by atoms with E-state index in [0.29, 0.717) is 11.6 Å². The van der Waals surface area contributed by atoms with Crippen molar-refractivity contribution in [2.24, 2.45) is 7.05 Å². The van der Waals surface area contributed by atoms with Gasteiger partial charge in [0.1, 0.15) is 11.4 Å². The minimum Gasteiger partial charge on any atom is -0.351 e. The highest BCUT2D eigenvalue weighted by molar-refractivity contribution is 8.00. The van der Waals surface area contributed by atoms with Gasteiger partial charge in [-0.25, -0.2) is 9.97 Å². The number of fused-ring (bicyclic) bond motifs is 1. The maximum absolute atomic E-state index is 12.3. The van der Waals surface area contributed by atoms with Crippen LogP contribution in [0.25, 0.3) is 11.0 Å². The second kappa shape index (κ2) is 7.19. The molecule has 3 rings (SSSR count). The first-order valence-electron chi connectivity index (χ1n) is 7.36. The number of carbonyl (C=O) groups excluding carboxylic acids is 1. The number of hydrogen-bond acceptors (Lipinski definition) is 5. The molecule has 0 aliphatic heterocycles. The molecule has 124 valence electrons. The van der Waals surface area contributed by atoms with Crippen molar-refractivity contribution in [3.05, 3.63) is 47.4 Å². The Balaban J connectivity index is 1.64. The number of aryl methyl sites for hydroxylation is 1. The van der Waals surface area contributed by atoms with Crippen LogP contribution in [0.15, 0.2) is 41.8 Å². The summed E-state index contributed by atoms with van der Waals surface area (Å²) < 4.78 is 1.69. The number of aromatic nitrogens is 4. The normalized spacial score (nSPS) is 12.3. The summed E-state index contributed by atoms with van der Waals surface area (Å²) in [4.78, 5) is 20.8. The topological polar surface area (TPSA) is 72.7 Å². The quantitative estimate of drug-likeness (QED) is 0.558. The number of carbonyl (C=O) groups is 1. The van der Waals surface area contributed by atoms with Crippen LogP contribution in [-0.2, 0) is 18.4 Å². The van der Waals surface area contributed by atoms with Crippen LogP contribution < -0.4 is 5.32 Å². The van der Waals surface area contributed by atoms with Gasteiger partial charge in [-0.1, -0.05) is 35.5 Å². The third kappa shape index (κ3) is 3.68. The van der Waals surface area contributed by atoms with Crippen LogP contribution in [0.3, 0.4) is 0 Å². The maximum atomic E-state index is 12.3. The highest BCUT2D eigenvalue weighted by atomic mass is 35.5. The predicted octanol–water partition coefficient (Wildman–Crippen LogP) is 2.81. The zero-order chi connectivity index (χ0) is 17.1. The standard InChI is InChI=1S/C16H16ClN5OS/c1-10(15(23)18-7-11-3-5-12(17)6-4-11)24-16-13-8-21-22(2)14(13)19-9-20-16/h3-6,8-10H,7H2,1-2H3,(H,18,23)/t10-/m0/s1. The highest BCUT2D eigenvalue weighted by Crippen LogP contribution is 2.27. The molecule has 0 radical (unpaired) electrons. The summed E-state index contributed by atoms with van der Waals surface area (Å²) in [6.45, 7) is 2.32. The molecule has 3 aromatic rings. The lowest BCUT2D eigenvalue weighted by Crippen LogP contribution is -2.30. The maximum Gasteiger partial charge on any atom is 0.233 e. The van der Waals surface area contributed by atoms with Gasteiger partial charge in [0.05, 0.1) is 16.8 Å². The molecular weight excluding hydrogens is 346 g/mol. The zero-order valence-electron chi connectivity index (χ0n) is 13.2. The fourth-order valence-corrected chi connectivity index (χ4v) is 3.22. The highest BCUT2D eigenvalue weighted by Gasteiger charge is 2.17. The first kappa shape index (κ1) is 16.7. The number of benzene rings is 1. The van der Waals surface area contributed by atoms with Crippen LogP contribution in [0.2, 0.25) is 5.02 Å². The summed E-state index contributed by atoms with van der Waals surface area (Å²) in [5.41, 5.74) is 1.75. The Kier molecular flexibility index (Phi) is 5.01. The van der Waals surface area contributed by atoms with Gasteiger partial charge in [0.15, 0.2) is 5.65 Å². The van der Waals surface area contributed by atoms with Gasteiger partial charge in [0.2, 0.25) is 5.91 Å². The molecule has 8 heteroatoms. The lowest BCUT2D eigenvalue weighted by molar-refractivity contribution is -0.120. The third-order valence-electron chi connectivity index (χ3n) is 3.53. The molecule has 0 aliphatic rings. The molecule has 1 N–H and O–H groups in total. The molecule has 0 unspecified atom stereocenters. The number of hydrogen-bond donors (Lipinski definition) is 1. The summed E-state index contributed by atoms with van der Waals surface area (Å²) in [5.74, 6) is -0.0504. The number of amides is 1. The van der Waals surface area contributed by atoms with Gasteiger partial charge in [-0.15, -0.1) is 0 Å². The Bertz CT molecular complexity index is 865. The third-order valence-corrected chi connectivity index (χ3v) is 4.90. The van der Waals surface area contributed by atoms with Crippen molar-refractivity contribution in [2.75, 3.05) is 0 Å². The molecular formula is C16H16ClN5OS. The van der Waals surface area contributed by atoms with Crippen LogP contribution in [0.4, 0.5) is 0 Å². The molecule has 1 atom stereocenters. The summed E-state index contributed by atoms with van der Waals surface area (Å²) in [7, 11) is 1.83. The van der Waals surface area contributed by atoms with Crippen LogP contribution in [0.1, 0.15) is 12.5 Å². The van der Waals surface area contributed by atoms with Gasteiger partial charge in [-0.2, -0.15) is 5.10 Å². The second-order valence-corrected chi connectivity index (χ2v) is 7.05. The van der Waals surface area contributed by atoms with E-state index < -0.39 is 0 Å². The fourth-order valence-electron chi connectivity index (χ4n) is 2.19. The zero-order valence-corrected chi connectivity index (χ0v) is 14.8. The van der Waals surface area contributed by atoms with Crippen LogP contribution >= 0.6 is 23.4 Å². The van der Waals surface area contributed by atoms with Gasteiger partial charge in [0, 0.05) is 18.6 Å². The van der Waals surface area contributed by atoms with Crippen molar-refractivity contribution in [3.63, 3.8) is 0 Å². The molecule has 0 bridgehead atoms. The minimum absolute atomic E-state index is 0.0504. The smallest absolute Gasteiger partial charge is 0.233 e. The Morgan fingerprint density at radius 2 is 2.08 bits per heavy atom. The van der Waals surface area contributed by atoms with E-state index in [2.05, 4.69) is 20.4 Å².